The van der Waals surface area contributed by atoms with E-state index >= 15 is 0 Å². The van der Waals surface area contributed by atoms with Crippen LogP contribution in [-0.2, 0) is 16.1 Å². The van der Waals surface area contributed by atoms with E-state index in [1.165, 1.54) is 6.92 Å². The number of benzene rings is 2. The molecule has 0 spiro atoms. The molecule has 0 fully saturated rings. The van der Waals surface area contributed by atoms with Gasteiger partial charge >= 0.3 is 0 Å². The van der Waals surface area contributed by atoms with Crippen LogP contribution in [0.4, 0.5) is 5.69 Å². The smallest absolute Gasteiger partial charge is 0.254 e. The predicted octanol–water partition coefficient (Wildman–Crippen LogP) is 4.61. The van der Waals surface area contributed by atoms with Gasteiger partial charge in [-0.05, 0) is 43.5 Å². The summed E-state index contributed by atoms with van der Waals surface area (Å²) in [6.07, 6.45) is 3.28. The number of ether oxygens (including phenoxy) is 2. The van der Waals surface area contributed by atoms with Crippen LogP contribution in [0.3, 0.4) is 0 Å². The lowest BCUT2D eigenvalue weighted by atomic mass is 10.0. The van der Waals surface area contributed by atoms with Crippen molar-refractivity contribution in [1.29, 1.82) is 0 Å². The Bertz CT molecular complexity index is 970. The maximum absolute atomic E-state index is 13.2. The molecule has 0 saturated heterocycles. The second-order valence-corrected chi connectivity index (χ2v) is 8.12. The van der Waals surface area contributed by atoms with Crippen molar-refractivity contribution in [2.75, 3.05) is 18.6 Å². The van der Waals surface area contributed by atoms with Gasteiger partial charge in [0.2, 0.25) is 5.91 Å². The molecule has 0 radical (unpaired) electrons. The molecule has 31 heavy (non-hydrogen) atoms. The number of nitrogens with one attached hydrogen (secondary N) is 1. The lowest BCUT2D eigenvalue weighted by Crippen LogP contribution is -2.36. The van der Waals surface area contributed by atoms with E-state index in [9.17, 15) is 9.59 Å². The second-order valence-electron chi connectivity index (χ2n) is 8.12. The molecule has 166 valence electrons. The number of hydrogen-bond acceptors (Lipinski definition) is 4. The average Bonchev–Trinajstić information content (AvgIpc) is 2.97. The van der Waals surface area contributed by atoms with Gasteiger partial charge in [-0.3, -0.25) is 9.59 Å². The largest absolute Gasteiger partial charge is 0.493 e. The number of methoxy groups -OCH3 is 1. The minimum Gasteiger partial charge on any atom is -0.493 e. The molecule has 6 nitrogen and oxygen atoms in total. The van der Waals surface area contributed by atoms with Crippen LogP contribution in [-0.4, -0.2) is 25.5 Å². The first-order chi connectivity index (χ1) is 14.8. The maximum Gasteiger partial charge on any atom is 0.254 e. The normalized spacial score (nSPS) is 15.1. The van der Waals surface area contributed by atoms with Crippen LogP contribution in [0.5, 0.6) is 11.5 Å². The Balaban J connectivity index is 1.87. The standard InChI is InChI=1S/C25H32N2O4/c1-6-7-8-11-31-21-10-9-19(14-22(21)30-5)15-27-24-17(3)12-16(2)13-20(24)23(25(27)29)26-18(4)28/h9-10,12-14,23H,6-8,11,15H2,1-5H3,(H,26,28). The van der Waals surface area contributed by atoms with E-state index in [4.69, 9.17) is 9.47 Å². The minimum atomic E-state index is -0.658. The molecular formula is C25H32N2O4. The van der Waals surface area contributed by atoms with Gasteiger partial charge in [0.1, 0.15) is 6.04 Å². The minimum absolute atomic E-state index is 0.127. The number of hydrogen-bond donors (Lipinski definition) is 1. The number of fused-ring (bicyclic) bond motifs is 1. The number of carbonyl (C=O) groups excluding carboxylic acids is 2. The molecule has 0 bridgehead atoms. The van der Waals surface area contributed by atoms with Crippen LogP contribution in [0.25, 0.3) is 0 Å². The Labute approximate surface area is 184 Å². The highest BCUT2D eigenvalue weighted by Crippen LogP contribution is 2.40. The van der Waals surface area contributed by atoms with E-state index in [0.717, 1.165) is 47.2 Å². The summed E-state index contributed by atoms with van der Waals surface area (Å²) in [5.41, 5.74) is 4.72. The summed E-state index contributed by atoms with van der Waals surface area (Å²) in [4.78, 5) is 26.7. The fourth-order valence-electron chi connectivity index (χ4n) is 4.13. The van der Waals surface area contributed by atoms with E-state index in [-0.39, 0.29) is 11.8 Å². The first-order valence-electron chi connectivity index (χ1n) is 10.8. The molecule has 1 unspecified atom stereocenters. The number of carbonyl (C=O) groups is 2. The second kappa shape index (κ2) is 9.86. The molecule has 0 aromatic heterocycles. The molecule has 1 aliphatic rings. The quantitative estimate of drug-likeness (QED) is 0.597. The molecule has 1 atom stereocenters. The van der Waals surface area contributed by atoms with Gasteiger partial charge in [-0.25, -0.2) is 0 Å². The van der Waals surface area contributed by atoms with Crippen molar-refractivity contribution < 1.29 is 19.1 Å². The number of anilines is 1. The first kappa shape index (κ1) is 22.7. The summed E-state index contributed by atoms with van der Waals surface area (Å²) in [5.74, 6) is 1.01. The molecule has 1 aliphatic heterocycles. The molecule has 0 aliphatic carbocycles. The average molecular weight is 425 g/mol. The summed E-state index contributed by atoms with van der Waals surface area (Å²) in [6.45, 7) is 8.62. The van der Waals surface area contributed by atoms with Crippen LogP contribution in [0.15, 0.2) is 30.3 Å². The summed E-state index contributed by atoms with van der Waals surface area (Å²) >= 11 is 0. The van der Waals surface area contributed by atoms with Crippen molar-refractivity contribution in [3.63, 3.8) is 0 Å². The van der Waals surface area contributed by atoms with Gasteiger partial charge in [0.15, 0.2) is 11.5 Å². The van der Waals surface area contributed by atoms with Gasteiger partial charge in [0.25, 0.3) is 5.91 Å². The van der Waals surface area contributed by atoms with E-state index in [0.29, 0.717) is 24.7 Å². The number of nitrogens with zero attached hydrogens (tertiary/aromatic N) is 1. The number of amides is 2. The highest BCUT2D eigenvalue weighted by molar-refractivity contribution is 6.06. The maximum atomic E-state index is 13.2. The summed E-state index contributed by atoms with van der Waals surface area (Å²) in [6, 6.07) is 9.15. The first-order valence-corrected chi connectivity index (χ1v) is 10.8. The van der Waals surface area contributed by atoms with Crippen molar-refractivity contribution in [3.8, 4) is 11.5 Å². The van der Waals surface area contributed by atoms with Crippen LogP contribution < -0.4 is 19.7 Å². The highest BCUT2D eigenvalue weighted by atomic mass is 16.5. The van der Waals surface area contributed by atoms with E-state index < -0.39 is 6.04 Å². The van der Waals surface area contributed by atoms with E-state index in [1.807, 2.05) is 38.1 Å². The van der Waals surface area contributed by atoms with Gasteiger partial charge < -0.3 is 19.7 Å². The summed E-state index contributed by atoms with van der Waals surface area (Å²) < 4.78 is 11.4. The van der Waals surface area contributed by atoms with E-state index in [1.54, 1.807) is 12.0 Å². The molecule has 2 aromatic rings. The highest BCUT2D eigenvalue weighted by Gasteiger charge is 2.39. The van der Waals surface area contributed by atoms with Crippen molar-refractivity contribution in [2.24, 2.45) is 0 Å². The lowest BCUT2D eigenvalue weighted by molar-refractivity contribution is -0.126. The van der Waals surface area contributed by atoms with Gasteiger partial charge in [-0.2, -0.15) is 0 Å². The SMILES string of the molecule is CCCCCOc1ccc(CN2C(=O)C(NC(C)=O)c3cc(C)cc(C)c32)cc1OC. The third kappa shape index (κ3) is 5.01. The third-order valence-electron chi connectivity index (χ3n) is 5.49. The monoisotopic (exact) mass is 424 g/mol. The zero-order chi connectivity index (χ0) is 22.5. The number of aryl methyl sites for hydroxylation is 2. The fraction of sp³-hybridized carbons (Fsp3) is 0.440. The van der Waals surface area contributed by atoms with Crippen molar-refractivity contribution in [2.45, 2.75) is 59.5 Å². The number of unbranched alkanes of at least 4 members (excludes halogenated alkanes) is 2. The van der Waals surface area contributed by atoms with E-state index in [2.05, 4.69) is 18.3 Å². The molecule has 1 N–H and O–H groups in total. The van der Waals surface area contributed by atoms with Crippen molar-refractivity contribution in [1.82, 2.24) is 5.32 Å². The van der Waals surface area contributed by atoms with Gasteiger partial charge in [-0.15, -0.1) is 0 Å². The fourth-order valence-corrected chi connectivity index (χ4v) is 4.13. The Morgan fingerprint density at radius 2 is 1.90 bits per heavy atom. The Hall–Kier alpha value is -3.02. The lowest BCUT2D eigenvalue weighted by Gasteiger charge is -2.21. The van der Waals surface area contributed by atoms with Crippen molar-refractivity contribution in [3.05, 3.63) is 52.6 Å². The van der Waals surface area contributed by atoms with Crippen LogP contribution in [0.1, 0.15) is 61.4 Å². The third-order valence-corrected chi connectivity index (χ3v) is 5.49. The van der Waals surface area contributed by atoms with Crippen molar-refractivity contribution >= 4 is 17.5 Å². The zero-order valence-electron chi connectivity index (χ0n) is 19.1. The summed E-state index contributed by atoms with van der Waals surface area (Å²) in [5, 5.41) is 2.81. The van der Waals surface area contributed by atoms with Crippen LogP contribution >= 0.6 is 0 Å². The van der Waals surface area contributed by atoms with Gasteiger partial charge in [0, 0.05) is 12.5 Å². The molecule has 3 rings (SSSR count). The zero-order valence-corrected chi connectivity index (χ0v) is 19.1. The van der Waals surface area contributed by atoms with Gasteiger partial charge in [0.05, 0.1) is 25.9 Å². The van der Waals surface area contributed by atoms with Gasteiger partial charge in [-0.1, -0.05) is 43.5 Å². The van der Waals surface area contributed by atoms with Crippen LogP contribution in [0.2, 0.25) is 0 Å². The molecule has 6 heteroatoms. The molecule has 2 aromatic carbocycles. The summed E-state index contributed by atoms with van der Waals surface area (Å²) in [7, 11) is 1.62. The molecule has 1 heterocycles. The number of rotatable bonds is 9. The van der Waals surface area contributed by atoms with Crippen LogP contribution in [0, 0.1) is 13.8 Å². The molecule has 0 saturated carbocycles. The Morgan fingerprint density at radius 1 is 1.13 bits per heavy atom. The molecular weight excluding hydrogens is 392 g/mol. The Kier molecular flexibility index (Phi) is 7.21. The topological polar surface area (TPSA) is 67.9 Å². The molecule has 2 amide bonds. The Morgan fingerprint density at radius 3 is 2.58 bits per heavy atom. The predicted molar refractivity (Wildman–Crippen MR) is 122 cm³/mol.